The smallest absolute Gasteiger partial charge is 0.224 e. The molecule has 7 heteroatoms. The van der Waals surface area contributed by atoms with Gasteiger partial charge in [-0.25, -0.2) is 4.98 Å². The van der Waals surface area contributed by atoms with Gasteiger partial charge >= 0.3 is 0 Å². The molecule has 0 bridgehead atoms. The van der Waals surface area contributed by atoms with Crippen LogP contribution in [-0.2, 0) is 0 Å². The number of aromatic amines is 1. The molecular formula is C13H19N7. The van der Waals surface area contributed by atoms with E-state index in [2.05, 4.69) is 29.7 Å². The maximum atomic E-state index is 5.80. The molecule has 2 fully saturated rings. The number of H-pyrrole nitrogens is 1. The van der Waals surface area contributed by atoms with Crippen LogP contribution < -0.4 is 10.6 Å². The Labute approximate surface area is 117 Å². The molecule has 20 heavy (non-hydrogen) atoms. The summed E-state index contributed by atoms with van der Waals surface area (Å²) in [6.07, 6.45) is 5.51. The number of nitrogens with two attached hydrogens (primary N) is 1. The van der Waals surface area contributed by atoms with Gasteiger partial charge in [0, 0.05) is 19.1 Å². The van der Waals surface area contributed by atoms with Crippen LogP contribution in [0.5, 0.6) is 0 Å². The van der Waals surface area contributed by atoms with Crippen LogP contribution in [0.3, 0.4) is 0 Å². The van der Waals surface area contributed by atoms with Gasteiger partial charge in [0.1, 0.15) is 5.52 Å². The molecule has 0 radical (unpaired) electrons. The Bertz CT molecular complexity index is 616. The highest BCUT2D eigenvalue weighted by Crippen LogP contribution is 2.28. The molecule has 2 aliphatic rings. The fourth-order valence-electron chi connectivity index (χ4n) is 3.40. The molecule has 2 saturated heterocycles. The topological polar surface area (TPSA) is 87.0 Å². The van der Waals surface area contributed by atoms with Crippen LogP contribution in [0.1, 0.15) is 19.3 Å². The van der Waals surface area contributed by atoms with Crippen molar-refractivity contribution in [3.63, 3.8) is 0 Å². The summed E-state index contributed by atoms with van der Waals surface area (Å²) >= 11 is 0. The van der Waals surface area contributed by atoms with Gasteiger partial charge in [-0.15, -0.1) is 0 Å². The number of nitrogen functional groups attached to an aromatic ring is 1. The first-order chi connectivity index (χ1) is 9.81. The van der Waals surface area contributed by atoms with E-state index in [-0.39, 0.29) is 0 Å². The van der Waals surface area contributed by atoms with Gasteiger partial charge in [0.15, 0.2) is 11.5 Å². The van der Waals surface area contributed by atoms with E-state index in [0.717, 1.165) is 24.4 Å². The summed E-state index contributed by atoms with van der Waals surface area (Å²) < 4.78 is 0. The fraction of sp³-hybridized carbons (Fsp3) is 0.615. The lowest BCUT2D eigenvalue weighted by Gasteiger charge is -2.24. The summed E-state index contributed by atoms with van der Waals surface area (Å²) in [5.74, 6) is 1.19. The zero-order valence-electron chi connectivity index (χ0n) is 11.4. The highest BCUT2D eigenvalue weighted by molar-refractivity contribution is 5.84. The van der Waals surface area contributed by atoms with Gasteiger partial charge in [0.05, 0.1) is 6.33 Å². The van der Waals surface area contributed by atoms with Gasteiger partial charge < -0.3 is 15.6 Å². The minimum Gasteiger partial charge on any atom is -0.368 e. The number of nitrogens with one attached hydrogen (secondary N) is 1. The van der Waals surface area contributed by atoms with E-state index in [1.807, 2.05) is 0 Å². The zero-order chi connectivity index (χ0) is 13.5. The molecule has 0 aliphatic carbocycles. The Morgan fingerprint density at radius 3 is 2.90 bits per heavy atom. The van der Waals surface area contributed by atoms with Crippen LogP contribution in [0.25, 0.3) is 11.2 Å². The van der Waals surface area contributed by atoms with Crippen molar-refractivity contribution in [2.45, 2.75) is 25.3 Å². The molecule has 2 aromatic rings. The number of rotatable bonds is 2. The molecule has 7 nitrogen and oxygen atoms in total. The zero-order valence-corrected chi connectivity index (χ0v) is 11.4. The number of likely N-dealkylation sites (tertiary alicyclic amines) is 1. The maximum absolute atomic E-state index is 5.80. The first-order valence-corrected chi connectivity index (χ1v) is 7.27. The number of hydrogen-bond acceptors (Lipinski definition) is 6. The summed E-state index contributed by atoms with van der Waals surface area (Å²) in [7, 11) is 0. The summed E-state index contributed by atoms with van der Waals surface area (Å²) in [5.41, 5.74) is 7.34. The molecule has 0 saturated carbocycles. The molecule has 4 rings (SSSR count). The largest absolute Gasteiger partial charge is 0.368 e. The molecule has 0 amide bonds. The van der Waals surface area contributed by atoms with Crippen LogP contribution in [0.2, 0.25) is 0 Å². The molecule has 4 heterocycles. The third kappa shape index (κ3) is 1.89. The molecule has 106 valence electrons. The maximum Gasteiger partial charge on any atom is 0.224 e. The standard InChI is InChI=1S/C13H19N7/c14-13-17-11-10(15-8-16-11)12(18-13)20-6-3-9(7-20)19-4-1-2-5-19/h8-9H,1-7H2,(H3,14,15,16,17,18). The van der Waals surface area contributed by atoms with Crippen molar-refractivity contribution in [3.05, 3.63) is 6.33 Å². The van der Waals surface area contributed by atoms with Crippen molar-refractivity contribution < 1.29 is 0 Å². The first kappa shape index (κ1) is 11.9. The monoisotopic (exact) mass is 273 g/mol. The van der Waals surface area contributed by atoms with Gasteiger partial charge in [-0.3, -0.25) is 4.90 Å². The average Bonchev–Trinajstić information content (AvgIpc) is 3.18. The van der Waals surface area contributed by atoms with Crippen molar-refractivity contribution in [1.29, 1.82) is 0 Å². The molecular weight excluding hydrogens is 254 g/mol. The van der Waals surface area contributed by atoms with Crippen molar-refractivity contribution in [2.24, 2.45) is 0 Å². The average molecular weight is 273 g/mol. The lowest BCUT2D eigenvalue weighted by molar-refractivity contribution is 0.260. The second-order valence-corrected chi connectivity index (χ2v) is 5.64. The summed E-state index contributed by atoms with van der Waals surface area (Å²) in [4.78, 5) is 20.8. The Morgan fingerprint density at radius 2 is 2.05 bits per heavy atom. The summed E-state index contributed by atoms with van der Waals surface area (Å²) in [6.45, 7) is 4.52. The molecule has 3 N–H and O–H groups in total. The van der Waals surface area contributed by atoms with Gasteiger partial charge in [-0.1, -0.05) is 0 Å². The lowest BCUT2D eigenvalue weighted by Crippen LogP contribution is -2.35. The van der Waals surface area contributed by atoms with E-state index in [4.69, 9.17) is 5.73 Å². The number of aromatic nitrogens is 4. The van der Waals surface area contributed by atoms with Crippen LogP contribution >= 0.6 is 0 Å². The number of imidazole rings is 1. The molecule has 2 aliphatic heterocycles. The van der Waals surface area contributed by atoms with E-state index in [9.17, 15) is 0 Å². The molecule has 1 unspecified atom stereocenters. The van der Waals surface area contributed by atoms with E-state index in [0.29, 0.717) is 17.6 Å². The minimum absolute atomic E-state index is 0.296. The molecule has 2 aromatic heterocycles. The number of nitrogens with zero attached hydrogens (tertiary/aromatic N) is 5. The van der Waals surface area contributed by atoms with Gasteiger partial charge in [0.25, 0.3) is 0 Å². The third-order valence-corrected chi connectivity index (χ3v) is 4.40. The van der Waals surface area contributed by atoms with Crippen molar-refractivity contribution in [3.8, 4) is 0 Å². The van der Waals surface area contributed by atoms with Crippen LogP contribution in [0.4, 0.5) is 11.8 Å². The Kier molecular flexibility index (Phi) is 2.73. The van der Waals surface area contributed by atoms with E-state index in [1.54, 1.807) is 6.33 Å². The Balaban J connectivity index is 1.62. The van der Waals surface area contributed by atoms with Crippen molar-refractivity contribution in [2.75, 3.05) is 36.8 Å². The summed E-state index contributed by atoms with van der Waals surface area (Å²) in [5, 5.41) is 0. The lowest BCUT2D eigenvalue weighted by atomic mass is 10.2. The van der Waals surface area contributed by atoms with E-state index in [1.165, 1.54) is 32.4 Å². The third-order valence-electron chi connectivity index (χ3n) is 4.40. The van der Waals surface area contributed by atoms with Gasteiger partial charge in [0.2, 0.25) is 5.95 Å². The number of fused-ring (bicyclic) bond motifs is 1. The van der Waals surface area contributed by atoms with Crippen LogP contribution in [0.15, 0.2) is 6.33 Å². The summed E-state index contributed by atoms with van der Waals surface area (Å²) in [6, 6.07) is 0.645. The van der Waals surface area contributed by atoms with E-state index >= 15 is 0 Å². The van der Waals surface area contributed by atoms with Gasteiger partial charge in [-0.2, -0.15) is 9.97 Å². The Hall–Kier alpha value is -1.89. The number of hydrogen-bond donors (Lipinski definition) is 2. The fourth-order valence-corrected chi connectivity index (χ4v) is 3.40. The molecule has 0 aromatic carbocycles. The minimum atomic E-state index is 0.296. The second-order valence-electron chi connectivity index (χ2n) is 5.64. The number of anilines is 2. The SMILES string of the molecule is Nc1nc(N2CCC(N3CCCC3)C2)c2[nH]cnc2n1. The van der Waals surface area contributed by atoms with Crippen LogP contribution in [0, 0.1) is 0 Å². The molecule has 0 spiro atoms. The van der Waals surface area contributed by atoms with Crippen molar-refractivity contribution in [1.82, 2.24) is 24.8 Å². The Morgan fingerprint density at radius 1 is 1.20 bits per heavy atom. The first-order valence-electron chi connectivity index (χ1n) is 7.27. The quantitative estimate of drug-likeness (QED) is 0.833. The predicted molar refractivity (Wildman–Crippen MR) is 77.5 cm³/mol. The normalized spacial score (nSPS) is 24.0. The molecule has 1 atom stereocenters. The highest BCUT2D eigenvalue weighted by Gasteiger charge is 2.31. The second kappa shape index (κ2) is 4.59. The van der Waals surface area contributed by atoms with Gasteiger partial charge in [-0.05, 0) is 32.4 Å². The van der Waals surface area contributed by atoms with Crippen molar-refractivity contribution >= 4 is 22.9 Å². The predicted octanol–water partition coefficient (Wildman–Crippen LogP) is 0.610. The van der Waals surface area contributed by atoms with E-state index < -0.39 is 0 Å². The highest BCUT2D eigenvalue weighted by atomic mass is 15.3. The van der Waals surface area contributed by atoms with Crippen LogP contribution in [-0.4, -0.2) is 57.1 Å².